The van der Waals surface area contributed by atoms with Crippen molar-refractivity contribution in [3.63, 3.8) is 0 Å². The van der Waals surface area contributed by atoms with E-state index in [0.717, 1.165) is 6.42 Å². The van der Waals surface area contributed by atoms with Crippen LogP contribution in [-0.4, -0.2) is 28.6 Å². The smallest absolute Gasteiger partial charge is 0.339 e. The Morgan fingerprint density at radius 1 is 1.29 bits per heavy atom. The van der Waals surface area contributed by atoms with E-state index < -0.39 is 5.97 Å². The molecule has 0 spiro atoms. The Balaban J connectivity index is 2.59. The van der Waals surface area contributed by atoms with Gasteiger partial charge >= 0.3 is 5.97 Å². The molecule has 0 aliphatic heterocycles. The maximum atomic E-state index is 11.9. The summed E-state index contributed by atoms with van der Waals surface area (Å²) in [5, 5.41) is 21.0. The molecule has 0 aliphatic rings. The summed E-state index contributed by atoms with van der Waals surface area (Å²) in [6.45, 7) is 4.69. The van der Waals surface area contributed by atoms with E-state index in [1.54, 1.807) is 0 Å². The molecule has 1 amide bonds. The van der Waals surface area contributed by atoms with E-state index in [1.165, 1.54) is 18.2 Å². The first-order chi connectivity index (χ1) is 9.75. The lowest BCUT2D eigenvalue weighted by Gasteiger charge is -2.23. The van der Waals surface area contributed by atoms with Crippen LogP contribution >= 0.6 is 0 Å². The lowest BCUT2D eigenvalue weighted by Crippen LogP contribution is -2.20. The highest BCUT2D eigenvalue weighted by Gasteiger charge is 2.18. The van der Waals surface area contributed by atoms with Gasteiger partial charge in [0.1, 0.15) is 11.3 Å². The average Bonchev–Trinajstić information content (AvgIpc) is 2.36. The summed E-state index contributed by atoms with van der Waals surface area (Å²) in [6.07, 6.45) is 1.89. The van der Waals surface area contributed by atoms with Crippen molar-refractivity contribution in [2.24, 2.45) is 11.1 Å². The van der Waals surface area contributed by atoms with Gasteiger partial charge in [0.15, 0.2) is 0 Å². The third-order valence-corrected chi connectivity index (χ3v) is 3.36. The fourth-order valence-corrected chi connectivity index (χ4v) is 1.98. The Morgan fingerprint density at radius 2 is 1.95 bits per heavy atom. The zero-order valence-electron chi connectivity index (χ0n) is 12.3. The third-order valence-electron chi connectivity index (χ3n) is 3.36. The van der Waals surface area contributed by atoms with Crippen molar-refractivity contribution >= 4 is 17.6 Å². The molecule has 6 nitrogen and oxygen atoms in total. The summed E-state index contributed by atoms with van der Waals surface area (Å²) >= 11 is 0. The van der Waals surface area contributed by atoms with E-state index in [9.17, 15) is 14.7 Å². The molecule has 0 heterocycles. The Morgan fingerprint density at radius 3 is 2.48 bits per heavy atom. The number of aromatic carboxylic acids is 1. The molecule has 0 saturated heterocycles. The average molecular weight is 294 g/mol. The van der Waals surface area contributed by atoms with Crippen molar-refractivity contribution in [2.75, 3.05) is 11.9 Å². The monoisotopic (exact) mass is 294 g/mol. The molecule has 1 rings (SSSR count). The molecule has 0 aromatic heterocycles. The normalized spacial score (nSPS) is 11.2. The van der Waals surface area contributed by atoms with E-state index in [4.69, 9.17) is 10.8 Å². The highest BCUT2D eigenvalue weighted by atomic mass is 16.4. The lowest BCUT2D eigenvalue weighted by molar-refractivity contribution is -0.116. The number of rotatable bonds is 7. The SMILES string of the molecule is CC(C)(CCN)CCC(=O)Nc1ccc(C(=O)O)c(O)c1. The molecule has 0 saturated carbocycles. The van der Waals surface area contributed by atoms with Crippen LogP contribution in [0.2, 0.25) is 0 Å². The van der Waals surface area contributed by atoms with E-state index in [1.807, 2.05) is 0 Å². The van der Waals surface area contributed by atoms with Gasteiger partial charge in [0, 0.05) is 18.2 Å². The van der Waals surface area contributed by atoms with Crippen LogP contribution in [0.1, 0.15) is 43.5 Å². The Kier molecular flexibility index (Phi) is 5.72. The predicted octanol–water partition coefficient (Wildman–Crippen LogP) is 2.18. The van der Waals surface area contributed by atoms with E-state index >= 15 is 0 Å². The van der Waals surface area contributed by atoms with Gasteiger partial charge in [-0.15, -0.1) is 0 Å². The van der Waals surface area contributed by atoms with Crippen molar-refractivity contribution in [3.8, 4) is 5.75 Å². The molecule has 0 atom stereocenters. The molecule has 6 heteroatoms. The largest absolute Gasteiger partial charge is 0.507 e. The second kappa shape index (κ2) is 7.08. The van der Waals surface area contributed by atoms with Crippen LogP contribution < -0.4 is 11.1 Å². The number of hydrogen-bond acceptors (Lipinski definition) is 4. The minimum Gasteiger partial charge on any atom is -0.507 e. The molecule has 5 N–H and O–H groups in total. The van der Waals surface area contributed by atoms with Crippen LogP contribution in [0, 0.1) is 5.41 Å². The van der Waals surface area contributed by atoms with Gasteiger partial charge in [0.25, 0.3) is 0 Å². The van der Waals surface area contributed by atoms with Crippen molar-refractivity contribution in [1.29, 1.82) is 0 Å². The van der Waals surface area contributed by atoms with Crippen LogP contribution in [-0.2, 0) is 4.79 Å². The standard InChI is InChI=1S/C15H22N2O4/c1-15(2,7-8-16)6-5-13(19)17-10-3-4-11(14(20)21)12(18)9-10/h3-4,9,18H,5-8,16H2,1-2H3,(H,17,19)(H,20,21). The number of nitrogens with one attached hydrogen (secondary N) is 1. The Bertz CT molecular complexity index is 526. The quantitative estimate of drug-likeness (QED) is 0.615. The Labute approximate surface area is 124 Å². The third kappa shape index (κ3) is 5.43. The fourth-order valence-electron chi connectivity index (χ4n) is 1.98. The molecule has 0 bridgehead atoms. The number of anilines is 1. The van der Waals surface area contributed by atoms with Gasteiger partial charge in [0.2, 0.25) is 5.91 Å². The molecule has 0 radical (unpaired) electrons. The minimum absolute atomic E-state index is 0.00138. The van der Waals surface area contributed by atoms with Gasteiger partial charge in [-0.3, -0.25) is 4.79 Å². The lowest BCUT2D eigenvalue weighted by atomic mass is 9.84. The van der Waals surface area contributed by atoms with Crippen LogP contribution in [0.15, 0.2) is 18.2 Å². The maximum absolute atomic E-state index is 11.9. The van der Waals surface area contributed by atoms with Crippen LogP contribution in [0.4, 0.5) is 5.69 Å². The molecule has 116 valence electrons. The van der Waals surface area contributed by atoms with E-state index in [2.05, 4.69) is 19.2 Å². The number of benzene rings is 1. The molecule has 0 fully saturated rings. The summed E-state index contributed by atoms with van der Waals surface area (Å²) in [5.74, 6) is -1.76. The predicted molar refractivity (Wildman–Crippen MR) is 80.4 cm³/mol. The molecule has 0 unspecified atom stereocenters. The van der Waals surface area contributed by atoms with Gasteiger partial charge in [0.05, 0.1) is 0 Å². The second-order valence-corrected chi connectivity index (χ2v) is 5.79. The maximum Gasteiger partial charge on any atom is 0.339 e. The number of phenols is 1. The number of carboxylic acids is 1. The molecular formula is C15H22N2O4. The van der Waals surface area contributed by atoms with E-state index in [-0.39, 0.29) is 22.6 Å². The fraction of sp³-hybridized carbons (Fsp3) is 0.467. The molecule has 0 aliphatic carbocycles. The first-order valence-electron chi connectivity index (χ1n) is 6.81. The molecule has 1 aromatic rings. The summed E-state index contributed by atoms with van der Waals surface area (Å²) in [4.78, 5) is 22.6. The van der Waals surface area contributed by atoms with E-state index in [0.29, 0.717) is 25.1 Å². The first-order valence-corrected chi connectivity index (χ1v) is 6.81. The van der Waals surface area contributed by atoms with Gasteiger partial charge < -0.3 is 21.3 Å². The Hall–Kier alpha value is -2.08. The number of carbonyl (C=O) groups is 2. The second-order valence-electron chi connectivity index (χ2n) is 5.79. The topological polar surface area (TPSA) is 113 Å². The zero-order chi connectivity index (χ0) is 16.0. The molecular weight excluding hydrogens is 272 g/mol. The van der Waals surface area contributed by atoms with Crippen LogP contribution in [0.3, 0.4) is 0 Å². The van der Waals surface area contributed by atoms with Gasteiger partial charge in [-0.25, -0.2) is 4.79 Å². The number of hydrogen-bond donors (Lipinski definition) is 4. The number of amides is 1. The van der Waals surface area contributed by atoms with Crippen molar-refractivity contribution in [2.45, 2.75) is 33.1 Å². The number of aromatic hydroxyl groups is 1. The molecule has 1 aromatic carbocycles. The van der Waals surface area contributed by atoms with Crippen molar-refractivity contribution in [1.82, 2.24) is 0 Å². The van der Waals surface area contributed by atoms with Crippen LogP contribution in [0.25, 0.3) is 0 Å². The van der Waals surface area contributed by atoms with Gasteiger partial charge in [-0.05, 0) is 36.9 Å². The number of nitrogens with two attached hydrogens (primary N) is 1. The summed E-state index contributed by atoms with van der Waals surface area (Å²) in [5.41, 5.74) is 5.70. The summed E-state index contributed by atoms with van der Waals surface area (Å²) in [7, 11) is 0. The number of carboxylic acid groups (broad SMARTS) is 1. The van der Waals surface area contributed by atoms with Crippen LogP contribution in [0.5, 0.6) is 5.75 Å². The highest BCUT2D eigenvalue weighted by Crippen LogP contribution is 2.26. The van der Waals surface area contributed by atoms with Gasteiger partial charge in [-0.2, -0.15) is 0 Å². The first kappa shape index (κ1) is 17.0. The minimum atomic E-state index is -1.21. The van der Waals surface area contributed by atoms with Gasteiger partial charge in [-0.1, -0.05) is 13.8 Å². The van der Waals surface area contributed by atoms with Crippen molar-refractivity contribution < 1.29 is 19.8 Å². The number of carbonyl (C=O) groups excluding carboxylic acids is 1. The molecule has 21 heavy (non-hydrogen) atoms. The summed E-state index contributed by atoms with van der Waals surface area (Å²) in [6, 6.07) is 3.93. The highest BCUT2D eigenvalue weighted by molar-refractivity contribution is 5.94. The van der Waals surface area contributed by atoms with Crippen molar-refractivity contribution in [3.05, 3.63) is 23.8 Å². The zero-order valence-corrected chi connectivity index (χ0v) is 12.3. The summed E-state index contributed by atoms with van der Waals surface area (Å²) < 4.78 is 0.